The Morgan fingerprint density at radius 2 is 2.00 bits per heavy atom. The predicted octanol–water partition coefficient (Wildman–Crippen LogP) is 3.57. The van der Waals surface area contributed by atoms with Crippen molar-refractivity contribution in [2.75, 3.05) is 19.6 Å². The van der Waals surface area contributed by atoms with Crippen molar-refractivity contribution < 1.29 is 4.79 Å². The summed E-state index contributed by atoms with van der Waals surface area (Å²) in [6.07, 6.45) is 5.65. The number of carbonyl (C=O) groups excluding carboxylic acids is 1. The zero-order valence-electron chi connectivity index (χ0n) is 14.6. The Morgan fingerprint density at radius 3 is 2.65 bits per heavy atom. The topological polar surface area (TPSA) is 32.3 Å². The van der Waals surface area contributed by atoms with Crippen molar-refractivity contribution in [3.63, 3.8) is 0 Å². The van der Waals surface area contributed by atoms with Crippen LogP contribution in [0.1, 0.15) is 57.2 Å². The molecule has 124 valence electrons. The Hall–Kier alpha value is -1.61. The highest BCUT2D eigenvalue weighted by Gasteiger charge is 2.45. The van der Waals surface area contributed by atoms with E-state index >= 15 is 0 Å². The quantitative estimate of drug-likeness (QED) is 0.866. The number of likely N-dealkylation sites (tertiary alicyclic amines) is 1. The van der Waals surface area contributed by atoms with Crippen LogP contribution in [0.4, 0.5) is 0 Å². The molecule has 1 fully saturated rings. The molecule has 1 heterocycles. The molecule has 0 saturated carbocycles. The van der Waals surface area contributed by atoms with Gasteiger partial charge in [0.2, 0.25) is 5.91 Å². The van der Waals surface area contributed by atoms with E-state index in [1.54, 1.807) is 6.92 Å². The fourth-order valence-electron chi connectivity index (χ4n) is 4.33. The number of rotatable bonds is 3. The number of nitrogens with one attached hydrogen (secondary N) is 1. The van der Waals surface area contributed by atoms with E-state index in [4.69, 9.17) is 0 Å². The molecule has 1 saturated heterocycles. The fraction of sp³-hybridized carbons (Fsp3) is 0.550. The van der Waals surface area contributed by atoms with Gasteiger partial charge in [-0.1, -0.05) is 35.9 Å². The maximum absolute atomic E-state index is 11.6. The Morgan fingerprint density at radius 1 is 1.30 bits per heavy atom. The van der Waals surface area contributed by atoms with E-state index < -0.39 is 0 Å². The highest BCUT2D eigenvalue weighted by molar-refractivity contribution is 5.73. The van der Waals surface area contributed by atoms with E-state index in [1.165, 1.54) is 29.5 Å². The smallest absolute Gasteiger partial charge is 0.217 e. The SMILES string of the molecule is CC=C(C)CN1CCC2(CC1)C[C@H](NC(C)=O)c1ccccc12. The number of hydrogen-bond donors (Lipinski definition) is 1. The van der Waals surface area contributed by atoms with Crippen LogP contribution in [0.5, 0.6) is 0 Å². The van der Waals surface area contributed by atoms with Gasteiger partial charge in [0.05, 0.1) is 6.04 Å². The van der Waals surface area contributed by atoms with E-state index in [2.05, 4.69) is 54.4 Å². The molecule has 3 heteroatoms. The number of amides is 1. The molecule has 1 aliphatic heterocycles. The summed E-state index contributed by atoms with van der Waals surface area (Å²) in [4.78, 5) is 14.1. The number of fused-ring (bicyclic) bond motifs is 2. The van der Waals surface area contributed by atoms with Crippen LogP contribution in [0.3, 0.4) is 0 Å². The zero-order chi connectivity index (χ0) is 16.4. The number of benzene rings is 1. The molecule has 1 spiro atoms. The van der Waals surface area contributed by atoms with Crippen molar-refractivity contribution in [3.8, 4) is 0 Å². The molecular formula is C20H28N2O. The highest BCUT2D eigenvalue weighted by atomic mass is 16.1. The highest BCUT2D eigenvalue weighted by Crippen LogP contribution is 2.50. The molecule has 0 bridgehead atoms. The van der Waals surface area contributed by atoms with Gasteiger partial charge in [0.25, 0.3) is 0 Å². The monoisotopic (exact) mass is 312 g/mol. The summed E-state index contributed by atoms with van der Waals surface area (Å²) < 4.78 is 0. The lowest BCUT2D eigenvalue weighted by Gasteiger charge is -2.40. The first-order valence-corrected chi connectivity index (χ1v) is 8.75. The van der Waals surface area contributed by atoms with E-state index in [-0.39, 0.29) is 17.4 Å². The van der Waals surface area contributed by atoms with Crippen LogP contribution in [0, 0.1) is 0 Å². The number of carbonyl (C=O) groups is 1. The van der Waals surface area contributed by atoms with Gasteiger partial charge in [-0.15, -0.1) is 0 Å². The second-order valence-corrected chi connectivity index (χ2v) is 7.24. The van der Waals surface area contributed by atoms with Gasteiger partial charge in [0, 0.05) is 18.9 Å². The minimum Gasteiger partial charge on any atom is -0.349 e. The summed E-state index contributed by atoms with van der Waals surface area (Å²) in [6, 6.07) is 8.91. The van der Waals surface area contributed by atoms with Crippen LogP contribution in [0.25, 0.3) is 0 Å². The van der Waals surface area contributed by atoms with Gasteiger partial charge in [-0.25, -0.2) is 0 Å². The molecule has 0 aromatic heterocycles. The number of hydrogen-bond acceptors (Lipinski definition) is 2. The van der Waals surface area contributed by atoms with Crippen molar-refractivity contribution in [2.24, 2.45) is 0 Å². The molecule has 0 unspecified atom stereocenters. The first-order valence-electron chi connectivity index (χ1n) is 8.75. The number of allylic oxidation sites excluding steroid dienone is 1. The maximum Gasteiger partial charge on any atom is 0.217 e. The van der Waals surface area contributed by atoms with Crippen LogP contribution in [-0.4, -0.2) is 30.4 Å². The molecule has 3 rings (SSSR count). The molecule has 1 aromatic rings. The zero-order valence-corrected chi connectivity index (χ0v) is 14.6. The summed E-state index contributed by atoms with van der Waals surface area (Å²) in [7, 11) is 0. The van der Waals surface area contributed by atoms with Crippen LogP contribution in [0.2, 0.25) is 0 Å². The summed E-state index contributed by atoms with van der Waals surface area (Å²) >= 11 is 0. The average molecular weight is 312 g/mol. The van der Waals surface area contributed by atoms with E-state index in [0.717, 1.165) is 26.1 Å². The molecule has 2 aliphatic rings. The maximum atomic E-state index is 11.6. The third kappa shape index (κ3) is 3.20. The van der Waals surface area contributed by atoms with Gasteiger partial charge in [0.15, 0.2) is 0 Å². The van der Waals surface area contributed by atoms with Crippen LogP contribution in [-0.2, 0) is 10.2 Å². The number of nitrogens with zero attached hydrogens (tertiary/aromatic N) is 1. The average Bonchev–Trinajstić information content (AvgIpc) is 2.83. The molecule has 1 amide bonds. The predicted molar refractivity (Wildman–Crippen MR) is 94.4 cm³/mol. The summed E-state index contributed by atoms with van der Waals surface area (Å²) in [5, 5.41) is 3.16. The Labute approximate surface area is 139 Å². The summed E-state index contributed by atoms with van der Waals surface area (Å²) in [5.74, 6) is 0.0722. The summed E-state index contributed by atoms with van der Waals surface area (Å²) in [5.41, 5.74) is 4.51. The van der Waals surface area contributed by atoms with Gasteiger partial charge in [-0.05, 0) is 57.3 Å². The van der Waals surface area contributed by atoms with Gasteiger partial charge in [-0.3, -0.25) is 9.69 Å². The van der Waals surface area contributed by atoms with Crippen molar-refractivity contribution in [1.29, 1.82) is 0 Å². The van der Waals surface area contributed by atoms with Crippen molar-refractivity contribution in [3.05, 3.63) is 47.0 Å². The molecule has 1 aliphatic carbocycles. The lowest BCUT2D eigenvalue weighted by atomic mass is 9.73. The molecule has 1 aromatic carbocycles. The second-order valence-electron chi connectivity index (χ2n) is 7.24. The molecular weight excluding hydrogens is 284 g/mol. The third-order valence-corrected chi connectivity index (χ3v) is 5.66. The van der Waals surface area contributed by atoms with Crippen LogP contribution >= 0.6 is 0 Å². The van der Waals surface area contributed by atoms with Gasteiger partial charge < -0.3 is 5.32 Å². The van der Waals surface area contributed by atoms with E-state index in [1.807, 2.05) is 0 Å². The van der Waals surface area contributed by atoms with E-state index in [0.29, 0.717) is 0 Å². The lowest BCUT2D eigenvalue weighted by molar-refractivity contribution is -0.119. The molecule has 1 N–H and O–H groups in total. The molecule has 23 heavy (non-hydrogen) atoms. The van der Waals surface area contributed by atoms with Gasteiger partial charge in [-0.2, -0.15) is 0 Å². The van der Waals surface area contributed by atoms with Crippen molar-refractivity contribution in [1.82, 2.24) is 10.2 Å². The van der Waals surface area contributed by atoms with Gasteiger partial charge >= 0.3 is 0 Å². The second kappa shape index (κ2) is 6.48. The van der Waals surface area contributed by atoms with E-state index in [9.17, 15) is 4.79 Å². The minimum atomic E-state index is 0.0722. The number of piperidine rings is 1. The molecule has 0 radical (unpaired) electrons. The standard InChI is InChI=1S/C20H28N2O/c1-4-15(2)14-22-11-9-20(10-12-22)13-19(21-16(3)23)17-7-5-6-8-18(17)20/h4-8,19H,9-14H2,1-3H3,(H,21,23)/t19-/m0/s1. The normalized spacial score (nSPS) is 23.8. The molecule has 3 nitrogen and oxygen atoms in total. The fourth-order valence-corrected chi connectivity index (χ4v) is 4.33. The molecule has 1 atom stereocenters. The first-order chi connectivity index (χ1) is 11.0. The van der Waals surface area contributed by atoms with Crippen LogP contribution in [0.15, 0.2) is 35.9 Å². The Bertz CT molecular complexity index is 612. The lowest BCUT2D eigenvalue weighted by Crippen LogP contribution is -2.42. The van der Waals surface area contributed by atoms with Gasteiger partial charge in [0.1, 0.15) is 0 Å². The minimum absolute atomic E-state index is 0.0722. The first kappa shape index (κ1) is 16.3. The van der Waals surface area contributed by atoms with Crippen molar-refractivity contribution in [2.45, 2.75) is 51.5 Å². The Balaban J connectivity index is 1.77. The third-order valence-electron chi connectivity index (χ3n) is 5.66. The summed E-state index contributed by atoms with van der Waals surface area (Å²) in [6.45, 7) is 9.33. The Kier molecular flexibility index (Phi) is 4.58. The van der Waals surface area contributed by atoms with Crippen molar-refractivity contribution >= 4 is 5.91 Å². The largest absolute Gasteiger partial charge is 0.349 e. The van der Waals surface area contributed by atoms with Crippen LogP contribution < -0.4 is 5.32 Å².